The first-order valence-corrected chi connectivity index (χ1v) is 11.4. The van der Waals surface area contributed by atoms with Gasteiger partial charge in [-0.25, -0.2) is 9.89 Å². The van der Waals surface area contributed by atoms with Gasteiger partial charge in [0.15, 0.2) is 5.82 Å². The first-order valence-electron chi connectivity index (χ1n) is 11.4. The molecule has 0 atom stereocenters. The number of hydrogen-bond donors (Lipinski definition) is 1. The van der Waals surface area contributed by atoms with Crippen LogP contribution >= 0.6 is 0 Å². The van der Waals surface area contributed by atoms with Crippen LogP contribution in [0.3, 0.4) is 0 Å². The van der Waals surface area contributed by atoms with E-state index in [0.29, 0.717) is 24.5 Å². The van der Waals surface area contributed by atoms with Crippen molar-refractivity contribution >= 4 is 5.97 Å². The van der Waals surface area contributed by atoms with E-state index in [0.717, 1.165) is 40.8 Å². The van der Waals surface area contributed by atoms with E-state index in [1.807, 2.05) is 42.5 Å². The molecule has 2 aromatic heterocycles. The Morgan fingerprint density at radius 2 is 1.86 bits per heavy atom. The number of pyridine rings is 1. The van der Waals surface area contributed by atoms with Gasteiger partial charge >= 0.3 is 5.97 Å². The van der Waals surface area contributed by atoms with Gasteiger partial charge in [0.05, 0.1) is 26.3 Å². The summed E-state index contributed by atoms with van der Waals surface area (Å²) in [6, 6.07) is 16.8. The predicted octanol–water partition coefficient (Wildman–Crippen LogP) is 3.88. The molecule has 4 aromatic rings. The van der Waals surface area contributed by atoms with Crippen LogP contribution in [0.5, 0.6) is 5.75 Å². The maximum Gasteiger partial charge on any atom is 0.338 e. The Bertz CT molecular complexity index is 1380. The number of nitrogens with one attached hydrogen (secondary N) is 1. The summed E-state index contributed by atoms with van der Waals surface area (Å²) in [7, 11) is 2.92. The molecule has 0 unspecified atom stereocenters. The van der Waals surface area contributed by atoms with Crippen molar-refractivity contribution in [2.24, 2.45) is 0 Å². The Morgan fingerprint density at radius 1 is 1.06 bits per heavy atom. The summed E-state index contributed by atoms with van der Waals surface area (Å²) < 4.78 is 12.2. The highest BCUT2D eigenvalue weighted by Gasteiger charge is 2.16. The fourth-order valence-corrected chi connectivity index (χ4v) is 4.06. The molecule has 9 heteroatoms. The van der Waals surface area contributed by atoms with Crippen molar-refractivity contribution in [3.8, 4) is 28.3 Å². The minimum atomic E-state index is -0.519. The number of carbonyl (C=O) groups is 1. The molecule has 2 heterocycles. The van der Waals surface area contributed by atoms with Crippen LogP contribution in [0.15, 0.2) is 59.4 Å². The topological polar surface area (TPSA) is 112 Å². The number of rotatable bonds is 9. The molecule has 2 aromatic carbocycles. The number of ether oxygens (including phenoxy) is 2. The van der Waals surface area contributed by atoms with E-state index in [2.05, 4.69) is 27.5 Å². The smallest absolute Gasteiger partial charge is 0.338 e. The van der Waals surface area contributed by atoms with Gasteiger partial charge in [-0.3, -0.25) is 4.79 Å². The van der Waals surface area contributed by atoms with E-state index in [1.165, 1.54) is 13.2 Å². The molecule has 0 radical (unpaired) electrons. The molecule has 0 aliphatic rings. The summed E-state index contributed by atoms with van der Waals surface area (Å²) in [6.45, 7) is 2.40. The monoisotopic (exact) mass is 473 g/mol. The van der Waals surface area contributed by atoms with Gasteiger partial charge in [0.25, 0.3) is 5.56 Å². The Kier molecular flexibility index (Phi) is 7.35. The molecule has 0 saturated heterocycles. The number of H-pyrrole nitrogens is 1. The van der Waals surface area contributed by atoms with Crippen LogP contribution in [0.25, 0.3) is 22.5 Å². The van der Waals surface area contributed by atoms with Crippen molar-refractivity contribution in [2.75, 3.05) is 14.2 Å². The minimum absolute atomic E-state index is 0.256. The molecular formula is C26H27N5O4. The lowest BCUT2D eigenvalue weighted by Crippen LogP contribution is -2.25. The Morgan fingerprint density at radius 3 is 2.54 bits per heavy atom. The number of esters is 1. The van der Waals surface area contributed by atoms with Gasteiger partial charge in [-0.2, -0.15) is 0 Å². The lowest BCUT2D eigenvalue weighted by Gasteiger charge is -2.17. The van der Waals surface area contributed by atoms with Crippen LogP contribution in [-0.2, 0) is 17.7 Å². The average Bonchev–Trinajstić information content (AvgIpc) is 3.43. The molecule has 1 N–H and O–H groups in total. The van der Waals surface area contributed by atoms with E-state index in [4.69, 9.17) is 9.47 Å². The molecule has 35 heavy (non-hydrogen) atoms. The van der Waals surface area contributed by atoms with E-state index in [-0.39, 0.29) is 11.1 Å². The zero-order chi connectivity index (χ0) is 24.8. The molecule has 180 valence electrons. The number of unbranched alkanes of at least 4 members (excludes halogenated alkanes) is 1. The third-order valence-corrected chi connectivity index (χ3v) is 5.88. The molecule has 4 rings (SSSR count). The number of aromatic nitrogens is 5. The van der Waals surface area contributed by atoms with Crippen molar-refractivity contribution in [3.05, 3.63) is 81.8 Å². The van der Waals surface area contributed by atoms with Gasteiger partial charge in [-0.15, -0.1) is 5.10 Å². The van der Waals surface area contributed by atoms with Crippen LogP contribution in [0.4, 0.5) is 0 Å². The average molecular weight is 474 g/mol. The van der Waals surface area contributed by atoms with Crippen molar-refractivity contribution in [1.82, 2.24) is 25.2 Å². The standard InChI is InChI=1S/C26H27N5O4/c1-4-5-8-20-13-19(26(33)35-3)15-24(32)31(20)16-18-12-11-17(14-23(18)34-2)21-9-6-7-10-22(21)25-27-29-30-28-25/h6-7,9-15H,4-5,8,16H2,1-3H3,(H,27,28,29,30). The van der Waals surface area contributed by atoms with E-state index < -0.39 is 5.97 Å². The summed E-state index contributed by atoms with van der Waals surface area (Å²) >= 11 is 0. The third-order valence-electron chi connectivity index (χ3n) is 5.88. The van der Waals surface area contributed by atoms with Crippen LogP contribution in [0.2, 0.25) is 0 Å². The molecule has 0 fully saturated rings. The highest BCUT2D eigenvalue weighted by Crippen LogP contribution is 2.33. The largest absolute Gasteiger partial charge is 0.496 e. The number of nitrogens with zero attached hydrogens (tertiary/aromatic N) is 4. The van der Waals surface area contributed by atoms with Gasteiger partial charge in [0.1, 0.15) is 5.75 Å². The SMILES string of the molecule is CCCCc1cc(C(=O)OC)cc(=O)n1Cc1ccc(-c2ccccc2-c2nnn[nH]2)cc1OC. The Hall–Kier alpha value is -4.27. The molecule has 0 saturated carbocycles. The molecule has 9 nitrogen and oxygen atoms in total. The number of carbonyl (C=O) groups excluding carboxylic acids is 1. The third kappa shape index (κ3) is 5.13. The van der Waals surface area contributed by atoms with Crippen molar-refractivity contribution in [2.45, 2.75) is 32.7 Å². The number of tetrazole rings is 1. The van der Waals surface area contributed by atoms with Gasteiger partial charge in [-0.05, 0) is 46.5 Å². The highest BCUT2D eigenvalue weighted by molar-refractivity contribution is 5.89. The summed E-state index contributed by atoms with van der Waals surface area (Å²) in [6.07, 6.45) is 2.54. The normalized spacial score (nSPS) is 10.8. The van der Waals surface area contributed by atoms with E-state index in [1.54, 1.807) is 17.7 Å². The first kappa shape index (κ1) is 23.9. The van der Waals surface area contributed by atoms with Gasteiger partial charge in [0.2, 0.25) is 0 Å². The molecule has 0 spiro atoms. The summed E-state index contributed by atoms with van der Waals surface area (Å²) in [5.74, 6) is 0.703. The maximum absolute atomic E-state index is 13.0. The quantitative estimate of drug-likeness (QED) is 0.367. The zero-order valence-electron chi connectivity index (χ0n) is 19.9. The Labute approximate surface area is 202 Å². The molecular weight excluding hydrogens is 446 g/mol. The predicted molar refractivity (Wildman–Crippen MR) is 131 cm³/mol. The second-order valence-corrected chi connectivity index (χ2v) is 8.08. The molecule has 0 amide bonds. The fourth-order valence-electron chi connectivity index (χ4n) is 4.06. The number of benzene rings is 2. The van der Waals surface area contributed by atoms with Crippen molar-refractivity contribution in [1.29, 1.82) is 0 Å². The van der Waals surface area contributed by atoms with E-state index in [9.17, 15) is 9.59 Å². The van der Waals surface area contributed by atoms with Crippen molar-refractivity contribution < 1.29 is 14.3 Å². The van der Waals surface area contributed by atoms with Gasteiger partial charge < -0.3 is 14.0 Å². The lowest BCUT2D eigenvalue weighted by atomic mass is 9.97. The van der Waals surface area contributed by atoms with Gasteiger partial charge in [-0.1, -0.05) is 49.7 Å². The van der Waals surface area contributed by atoms with Gasteiger partial charge in [0, 0.05) is 22.9 Å². The maximum atomic E-state index is 13.0. The number of hydrogen-bond acceptors (Lipinski definition) is 7. The summed E-state index contributed by atoms with van der Waals surface area (Å²) in [4.78, 5) is 25.0. The highest BCUT2D eigenvalue weighted by atomic mass is 16.5. The van der Waals surface area contributed by atoms with Crippen LogP contribution < -0.4 is 10.3 Å². The summed E-state index contributed by atoms with van der Waals surface area (Å²) in [5.41, 5.74) is 4.38. The number of methoxy groups -OCH3 is 2. The van der Waals surface area contributed by atoms with Crippen LogP contribution in [-0.4, -0.2) is 45.4 Å². The molecule has 0 aliphatic heterocycles. The van der Waals surface area contributed by atoms with Crippen LogP contribution in [0.1, 0.15) is 41.4 Å². The molecule has 0 bridgehead atoms. The fraction of sp³-hybridized carbons (Fsp3) is 0.269. The Balaban J connectivity index is 1.73. The molecule has 0 aliphatic carbocycles. The summed E-state index contributed by atoms with van der Waals surface area (Å²) in [5, 5.41) is 14.2. The van der Waals surface area contributed by atoms with Crippen molar-refractivity contribution in [3.63, 3.8) is 0 Å². The first-order chi connectivity index (χ1) is 17.0. The number of aryl methyl sites for hydroxylation is 1. The lowest BCUT2D eigenvalue weighted by molar-refractivity contribution is 0.0600. The van der Waals surface area contributed by atoms with Crippen LogP contribution in [0, 0.1) is 0 Å². The van der Waals surface area contributed by atoms with E-state index >= 15 is 0 Å². The second-order valence-electron chi connectivity index (χ2n) is 8.08. The number of aromatic amines is 1. The zero-order valence-corrected chi connectivity index (χ0v) is 19.9. The minimum Gasteiger partial charge on any atom is -0.496 e. The second kappa shape index (κ2) is 10.8.